The van der Waals surface area contributed by atoms with Crippen molar-refractivity contribution in [3.05, 3.63) is 60.8 Å². The maximum atomic E-state index is 6.00. The van der Waals surface area contributed by atoms with Crippen LogP contribution < -0.4 is 15.0 Å². The molecule has 0 atom stereocenters. The van der Waals surface area contributed by atoms with E-state index in [1.54, 1.807) is 6.20 Å². The first-order valence-corrected chi connectivity index (χ1v) is 9.33. The zero-order valence-corrected chi connectivity index (χ0v) is 15.8. The first kappa shape index (κ1) is 18.6. The Hall–Kier alpha value is -3.15. The average molecular weight is 363 g/mol. The number of ether oxygens (including phenoxy) is 1. The van der Waals surface area contributed by atoms with Crippen LogP contribution in [-0.4, -0.2) is 28.3 Å². The zero-order valence-electron chi connectivity index (χ0n) is 15.8. The lowest BCUT2D eigenvalue weighted by Gasteiger charge is -2.21. The largest absolute Gasteiger partial charge is 0.455 e. The second-order valence-electron chi connectivity index (χ2n) is 6.16. The minimum absolute atomic E-state index is 0.640. The Bertz CT molecular complexity index is 835. The SMILES string of the molecule is CCCN(CCC)c1nncc(Nc2ccccc2Oc2ccccc2)n1. The fraction of sp³-hybridized carbons (Fsp3) is 0.286. The van der Waals surface area contributed by atoms with Crippen molar-refractivity contribution < 1.29 is 4.74 Å². The molecule has 0 fully saturated rings. The highest BCUT2D eigenvalue weighted by atomic mass is 16.5. The van der Waals surface area contributed by atoms with Gasteiger partial charge in [0.25, 0.3) is 0 Å². The third-order valence-corrected chi connectivity index (χ3v) is 3.94. The van der Waals surface area contributed by atoms with Crippen molar-refractivity contribution in [2.24, 2.45) is 0 Å². The molecule has 0 bridgehead atoms. The average Bonchev–Trinajstić information content (AvgIpc) is 2.70. The van der Waals surface area contributed by atoms with Crippen LogP contribution in [0.1, 0.15) is 26.7 Å². The van der Waals surface area contributed by atoms with Gasteiger partial charge >= 0.3 is 0 Å². The summed E-state index contributed by atoms with van der Waals surface area (Å²) in [5, 5.41) is 11.6. The van der Waals surface area contributed by atoms with Gasteiger partial charge in [0.05, 0.1) is 11.9 Å². The summed E-state index contributed by atoms with van der Waals surface area (Å²) in [6.07, 6.45) is 3.70. The molecule has 0 aliphatic heterocycles. The van der Waals surface area contributed by atoms with Crippen molar-refractivity contribution in [3.8, 4) is 11.5 Å². The van der Waals surface area contributed by atoms with Gasteiger partial charge in [-0.15, -0.1) is 5.10 Å². The molecule has 6 heteroatoms. The molecule has 0 aliphatic rings. The minimum Gasteiger partial charge on any atom is -0.455 e. The van der Waals surface area contributed by atoms with E-state index < -0.39 is 0 Å². The summed E-state index contributed by atoms with van der Waals surface area (Å²) in [4.78, 5) is 6.80. The number of rotatable bonds is 9. The molecular formula is C21H25N5O. The Labute approximate surface area is 160 Å². The molecule has 0 saturated heterocycles. The van der Waals surface area contributed by atoms with E-state index in [0.29, 0.717) is 11.8 Å². The molecule has 27 heavy (non-hydrogen) atoms. The Morgan fingerprint density at radius 2 is 1.63 bits per heavy atom. The summed E-state index contributed by atoms with van der Waals surface area (Å²) in [6.45, 7) is 6.12. The van der Waals surface area contributed by atoms with Gasteiger partial charge in [-0.1, -0.05) is 44.2 Å². The van der Waals surface area contributed by atoms with Crippen LogP contribution in [0.4, 0.5) is 17.5 Å². The number of benzene rings is 2. The second-order valence-corrected chi connectivity index (χ2v) is 6.16. The fourth-order valence-corrected chi connectivity index (χ4v) is 2.75. The Balaban J connectivity index is 1.80. The number of hydrogen-bond acceptors (Lipinski definition) is 6. The zero-order chi connectivity index (χ0) is 18.9. The van der Waals surface area contributed by atoms with Crippen LogP contribution in [0.15, 0.2) is 60.8 Å². The number of nitrogens with zero attached hydrogens (tertiary/aromatic N) is 4. The Morgan fingerprint density at radius 3 is 2.37 bits per heavy atom. The highest BCUT2D eigenvalue weighted by Gasteiger charge is 2.11. The number of para-hydroxylation sites is 3. The van der Waals surface area contributed by atoms with Crippen molar-refractivity contribution in [2.75, 3.05) is 23.3 Å². The van der Waals surface area contributed by atoms with Crippen LogP contribution in [0, 0.1) is 0 Å². The predicted octanol–water partition coefficient (Wildman–Crippen LogP) is 5.03. The van der Waals surface area contributed by atoms with E-state index in [1.165, 1.54) is 0 Å². The first-order valence-electron chi connectivity index (χ1n) is 9.33. The van der Waals surface area contributed by atoms with Crippen molar-refractivity contribution in [1.82, 2.24) is 15.2 Å². The summed E-state index contributed by atoms with van der Waals surface area (Å²) in [5.74, 6) is 2.79. The van der Waals surface area contributed by atoms with Gasteiger partial charge in [-0.2, -0.15) is 10.1 Å². The Kier molecular flexibility index (Phi) is 6.57. The van der Waals surface area contributed by atoms with Gasteiger partial charge in [-0.25, -0.2) is 0 Å². The first-order chi connectivity index (χ1) is 13.3. The van der Waals surface area contributed by atoms with Crippen molar-refractivity contribution in [2.45, 2.75) is 26.7 Å². The molecule has 1 aromatic heterocycles. The van der Waals surface area contributed by atoms with Crippen LogP contribution in [0.3, 0.4) is 0 Å². The quantitative estimate of drug-likeness (QED) is 0.575. The summed E-state index contributed by atoms with van der Waals surface area (Å²) < 4.78 is 6.00. The maximum absolute atomic E-state index is 6.00. The van der Waals surface area contributed by atoms with Crippen molar-refractivity contribution in [3.63, 3.8) is 0 Å². The fourth-order valence-electron chi connectivity index (χ4n) is 2.75. The van der Waals surface area contributed by atoms with Gasteiger partial charge in [0.15, 0.2) is 11.6 Å². The lowest BCUT2D eigenvalue weighted by molar-refractivity contribution is 0.485. The van der Waals surface area contributed by atoms with E-state index in [4.69, 9.17) is 4.74 Å². The predicted molar refractivity (Wildman–Crippen MR) is 109 cm³/mol. The van der Waals surface area contributed by atoms with Gasteiger partial charge < -0.3 is 15.0 Å². The van der Waals surface area contributed by atoms with Crippen LogP contribution in [0.25, 0.3) is 0 Å². The lowest BCUT2D eigenvalue weighted by atomic mass is 10.3. The highest BCUT2D eigenvalue weighted by Crippen LogP contribution is 2.31. The maximum Gasteiger partial charge on any atom is 0.247 e. The van der Waals surface area contributed by atoms with E-state index in [-0.39, 0.29) is 0 Å². The summed E-state index contributed by atoms with van der Waals surface area (Å²) in [6, 6.07) is 17.5. The molecule has 0 aliphatic carbocycles. The number of aromatic nitrogens is 3. The minimum atomic E-state index is 0.640. The topological polar surface area (TPSA) is 63.2 Å². The monoisotopic (exact) mass is 363 g/mol. The van der Waals surface area contributed by atoms with Crippen LogP contribution in [0.2, 0.25) is 0 Å². The molecular weight excluding hydrogens is 338 g/mol. The molecule has 3 rings (SSSR count). The van der Waals surface area contributed by atoms with Gasteiger partial charge in [-0.3, -0.25) is 0 Å². The molecule has 140 valence electrons. The lowest BCUT2D eigenvalue weighted by Crippen LogP contribution is -2.27. The summed E-state index contributed by atoms with van der Waals surface area (Å²) in [5.41, 5.74) is 0.824. The highest BCUT2D eigenvalue weighted by molar-refractivity contribution is 5.64. The van der Waals surface area contributed by atoms with E-state index in [1.807, 2.05) is 54.6 Å². The third-order valence-electron chi connectivity index (χ3n) is 3.94. The number of nitrogens with one attached hydrogen (secondary N) is 1. The van der Waals surface area contributed by atoms with E-state index in [2.05, 4.69) is 39.2 Å². The van der Waals surface area contributed by atoms with Crippen LogP contribution in [0.5, 0.6) is 11.5 Å². The molecule has 0 saturated carbocycles. The van der Waals surface area contributed by atoms with Gasteiger partial charge in [0.1, 0.15) is 5.75 Å². The number of hydrogen-bond donors (Lipinski definition) is 1. The molecule has 2 aromatic carbocycles. The standard InChI is InChI=1S/C21H25N5O/c1-3-14-26(15-4-2)21-24-20(16-22-25-21)23-18-12-8-9-13-19(18)27-17-10-6-5-7-11-17/h5-13,16H,3-4,14-15H2,1-2H3,(H,23,24,25). The molecule has 0 spiro atoms. The van der Waals surface area contributed by atoms with E-state index in [9.17, 15) is 0 Å². The smallest absolute Gasteiger partial charge is 0.247 e. The summed E-state index contributed by atoms with van der Waals surface area (Å²) >= 11 is 0. The van der Waals surface area contributed by atoms with Gasteiger partial charge in [0, 0.05) is 13.1 Å². The molecule has 0 amide bonds. The summed E-state index contributed by atoms with van der Waals surface area (Å²) in [7, 11) is 0. The molecule has 0 unspecified atom stereocenters. The van der Waals surface area contributed by atoms with Crippen LogP contribution in [-0.2, 0) is 0 Å². The Morgan fingerprint density at radius 1 is 0.926 bits per heavy atom. The van der Waals surface area contributed by atoms with Crippen LogP contribution >= 0.6 is 0 Å². The third kappa shape index (κ3) is 5.17. The molecule has 0 radical (unpaired) electrons. The molecule has 1 N–H and O–H groups in total. The molecule has 6 nitrogen and oxygen atoms in total. The van der Waals surface area contributed by atoms with Crippen molar-refractivity contribution in [1.29, 1.82) is 0 Å². The normalized spacial score (nSPS) is 10.4. The molecule has 1 heterocycles. The number of anilines is 3. The van der Waals surface area contributed by atoms with E-state index >= 15 is 0 Å². The van der Waals surface area contributed by atoms with E-state index in [0.717, 1.165) is 43.1 Å². The van der Waals surface area contributed by atoms with Crippen molar-refractivity contribution >= 4 is 17.5 Å². The van der Waals surface area contributed by atoms with Gasteiger partial charge in [-0.05, 0) is 37.1 Å². The second kappa shape index (κ2) is 9.52. The molecule has 3 aromatic rings. The van der Waals surface area contributed by atoms with Gasteiger partial charge in [0.2, 0.25) is 5.95 Å².